The van der Waals surface area contributed by atoms with Crippen LogP contribution in [0.5, 0.6) is 0 Å². The molecule has 2 aliphatic rings. The number of rotatable bonds is 10. The monoisotopic (exact) mass is 692 g/mol. The molecule has 2 aromatic carbocycles. The van der Waals surface area contributed by atoms with Crippen molar-refractivity contribution >= 4 is 28.9 Å². The van der Waals surface area contributed by atoms with Crippen LogP contribution in [0.15, 0.2) is 77.6 Å². The SMILES string of the molecule is CCc1cc([C@H]2O[C@@H](n3cnc4c(NCC(c5ccccc5)c5ccccc5)nc(N5CC[C@@H](N)C5)nc43)[C@H](OC(=O)C(F)(F)F)[C@@H]2O)on1. The molecule has 4 N–H and O–H groups in total. The number of nitrogens with two attached hydrogens (primary N) is 1. The van der Waals surface area contributed by atoms with Crippen LogP contribution >= 0.6 is 0 Å². The normalized spacial score (nSPS) is 22.5. The third-order valence-corrected chi connectivity index (χ3v) is 8.98. The van der Waals surface area contributed by atoms with E-state index in [-0.39, 0.29) is 28.9 Å². The number of halogens is 3. The van der Waals surface area contributed by atoms with Crippen LogP contribution in [-0.4, -0.2) is 79.8 Å². The molecule has 2 aliphatic heterocycles. The summed E-state index contributed by atoms with van der Waals surface area (Å²) >= 11 is 0. The maximum atomic E-state index is 13.4. The Bertz CT molecular complexity index is 1900. The lowest BCUT2D eigenvalue weighted by Crippen LogP contribution is -2.38. The molecular formula is C34H35F3N8O5. The van der Waals surface area contributed by atoms with Gasteiger partial charge in [0.2, 0.25) is 5.95 Å². The number of hydrogen-bond acceptors (Lipinski definition) is 12. The lowest BCUT2D eigenvalue weighted by atomic mass is 9.91. The molecule has 0 bridgehead atoms. The van der Waals surface area contributed by atoms with E-state index in [1.54, 1.807) is 0 Å². The number of aryl methyl sites for hydroxylation is 1. The van der Waals surface area contributed by atoms with Gasteiger partial charge >= 0.3 is 12.1 Å². The van der Waals surface area contributed by atoms with E-state index in [0.29, 0.717) is 49.9 Å². The van der Waals surface area contributed by atoms with Crippen LogP contribution in [0.3, 0.4) is 0 Å². The molecule has 2 fully saturated rings. The zero-order valence-electron chi connectivity index (χ0n) is 26.9. The van der Waals surface area contributed by atoms with Gasteiger partial charge in [0.05, 0.1) is 12.0 Å². The second-order valence-corrected chi connectivity index (χ2v) is 12.3. The summed E-state index contributed by atoms with van der Waals surface area (Å²) in [6.07, 6.45) is -9.19. The first-order chi connectivity index (χ1) is 24.1. The number of aromatic nitrogens is 5. The Morgan fingerprint density at radius 2 is 1.82 bits per heavy atom. The van der Waals surface area contributed by atoms with E-state index >= 15 is 0 Å². The van der Waals surface area contributed by atoms with Crippen LogP contribution in [0.25, 0.3) is 11.2 Å². The fourth-order valence-corrected chi connectivity index (χ4v) is 6.38. The molecule has 262 valence electrons. The molecule has 13 nitrogen and oxygen atoms in total. The molecule has 0 aliphatic carbocycles. The van der Waals surface area contributed by atoms with E-state index in [4.69, 9.17) is 29.7 Å². The Kier molecular flexibility index (Phi) is 9.15. The molecule has 7 rings (SSSR count). The Hall–Kier alpha value is -5.06. The molecule has 5 atom stereocenters. The van der Waals surface area contributed by atoms with Gasteiger partial charge < -0.3 is 35.1 Å². The van der Waals surface area contributed by atoms with Gasteiger partial charge in [-0.3, -0.25) is 4.57 Å². The lowest BCUT2D eigenvalue weighted by Gasteiger charge is -2.23. The number of carbonyl (C=O) groups is 1. The fourth-order valence-electron chi connectivity index (χ4n) is 6.38. The number of esters is 1. The minimum Gasteiger partial charge on any atom is -0.448 e. The average Bonchev–Trinajstić information content (AvgIpc) is 3.92. The highest BCUT2D eigenvalue weighted by atomic mass is 19.4. The van der Waals surface area contributed by atoms with Crippen molar-refractivity contribution in [1.29, 1.82) is 0 Å². The van der Waals surface area contributed by atoms with Crippen molar-refractivity contribution in [2.75, 3.05) is 29.9 Å². The number of carbonyl (C=O) groups excluding carboxylic acids is 1. The number of benzene rings is 2. The maximum Gasteiger partial charge on any atom is 0.490 e. The summed E-state index contributed by atoms with van der Waals surface area (Å²) in [6.45, 7) is 3.30. The topological polar surface area (TPSA) is 167 Å². The second-order valence-electron chi connectivity index (χ2n) is 12.3. The first-order valence-corrected chi connectivity index (χ1v) is 16.3. The zero-order chi connectivity index (χ0) is 35.0. The lowest BCUT2D eigenvalue weighted by molar-refractivity contribution is -0.211. The summed E-state index contributed by atoms with van der Waals surface area (Å²) in [5.74, 6) is -1.83. The Labute approximate surface area is 284 Å². The average molecular weight is 693 g/mol. The third-order valence-electron chi connectivity index (χ3n) is 8.98. The van der Waals surface area contributed by atoms with Crippen molar-refractivity contribution in [2.24, 2.45) is 5.73 Å². The van der Waals surface area contributed by atoms with E-state index in [1.807, 2.05) is 72.5 Å². The first kappa shape index (κ1) is 33.4. The number of alkyl halides is 3. The van der Waals surface area contributed by atoms with Gasteiger partial charge in [-0.05, 0) is 24.0 Å². The van der Waals surface area contributed by atoms with Crippen LogP contribution in [-0.2, 0) is 20.7 Å². The van der Waals surface area contributed by atoms with Gasteiger partial charge in [0.25, 0.3) is 0 Å². The van der Waals surface area contributed by atoms with Crippen LogP contribution < -0.4 is 16.0 Å². The van der Waals surface area contributed by atoms with Crippen molar-refractivity contribution in [3.8, 4) is 0 Å². The molecule has 2 saturated heterocycles. The molecule has 0 saturated carbocycles. The summed E-state index contributed by atoms with van der Waals surface area (Å²) in [4.78, 5) is 28.2. The van der Waals surface area contributed by atoms with Crippen LogP contribution in [0.1, 0.15) is 54.2 Å². The molecule has 5 heterocycles. The number of ether oxygens (including phenoxy) is 2. The van der Waals surface area contributed by atoms with Crippen LogP contribution in [0.4, 0.5) is 24.9 Å². The number of imidazole rings is 1. The standard InChI is InChI=1S/C34H35F3N8O5/c1-2-22-15-24(50-43-22)27-26(46)28(49-32(47)34(35,36)37)31(48-27)45-18-40-25-29(41-33(42-30(25)45)44-14-13-21(38)17-44)39-16-23(19-9-5-3-6-10-19)20-11-7-4-8-12-20/h3-12,15,18,21,23,26-28,31,46H,2,13-14,16-17,38H2,1H3,(H,39,41,42)/t21-,26-,27-,28-,31-/m1/s1. The highest BCUT2D eigenvalue weighted by Gasteiger charge is 2.53. The Morgan fingerprint density at radius 3 is 2.42 bits per heavy atom. The molecule has 50 heavy (non-hydrogen) atoms. The molecule has 16 heteroatoms. The summed E-state index contributed by atoms with van der Waals surface area (Å²) in [5.41, 5.74) is 9.35. The fraction of sp³-hybridized carbons (Fsp3) is 0.382. The van der Waals surface area contributed by atoms with E-state index in [1.165, 1.54) is 17.0 Å². The molecule has 5 aromatic rings. The van der Waals surface area contributed by atoms with Crippen molar-refractivity contribution in [1.82, 2.24) is 24.7 Å². The van der Waals surface area contributed by atoms with Gasteiger partial charge in [0, 0.05) is 37.7 Å². The predicted octanol–water partition coefficient (Wildman–Crippen LogP) is 4.26. The minimum absolute atomic E-state index is 0.0610. The van der Waals surface area contributed by atoms with Gasteiger partial charge in [-0.2, -0.15) is 23.1 Å². The molecule has 0 amide bonds. The van der Waals surface area contributed by atoms with E-state index in [9.17, 15) is 23.1 Å². The van der Waals surface area contributed by atoms with Crippen molar-refractivity contribution in [3.63, 3.8) is 0 Å². The zero-order valence-corrected chi connectivity index (χ0v) is 26.9. The number of fused-ring (bicyclic) bond motifs is 1. The summed E-state index contributed by atoms with van der Waals surface area (Å²) in [5, 5.41) is 18.6. The van der Waals surface area contributed by atoms with Gasteiger partial charge in [0.1, 0.15) is 6.10 Å². The smallest absolute Gasteiger partial charge is 0.448 e. The quantitative estimate of drug-likeness (QED) is 0.178. The molecular weight excluding hydrogens is 657 g/mol. The summed E-state index contributed by atoms with van der Waals surface area (Å²) < 4.78 is 58.0. The summed E-state index contributed by atoms with van der Waals surface area (Å²) in [6, 6.07) is 21.4. The number of nitrogens with zero attached hydrogens (tertiary/aromatic N) is 6. The summed E-state index contributed by atoms with van der Waals surface area (Å²) in [7, 11) is 0. The number of aliphatic hydroxyl groups excluding tert-OH is 1. The van der Waals surface area contributed by atoms with Crippen LogP contribution in [0.2, 0.25) is 0 Å². The molecule has 0 radical (unpaired) electrons. The highest BCUT2D eigenvalue weighted by Crippen LogP contribution is 2.43. The predicted molar refractivity (Wildman–Crippen MR) is 174 cm³/mol. The second kappa shape index (κ2) is 13.7. The number of aliphatic hydroxyl groups is 1. The largest absolute Gasteiger partial charge is 0.490 e. The Balaban J connectivity index is 1.29. The number of hydrogen-bond donors (Lipinski definition) is 3. The first-order valence-electron chi connectivity index (χ1n) is 16.3. The van der Waals surface area contributed by atoms with E-state index in [2.05, 4.69) is 15.5 Å². The molecule has 0 unspecified atom stereocenters. The van der Waals surface area contributed by atoms with Crippen LogP contribution in [0, 0.1) is 0 Å². The van der Waals surface area contributed by atoms with Crippen molar-refractivity contribution < 1.29 is 37.1 Å². The van der Waals surface area contributed by atoms with Gasteiger partial charge in [-0.15, -0.1) is 0 Å². The number of anilines is 2. The molecule has 0 spiro atoms. The van der Waals surface area contributed by atoms with E-state index in [0.717, 1.165) is 11.1 Å². The Morgan fingerprint density at radius 1 is 1.12 bits per heavy atom. The van der Waals surface area contributed by atoms with E-state index < -0.39 is 36.7 Å². The minimum atomic E-state index is -5.32. The van der Waals surface area contributed by atoms with Gasteiger partial charge in [-0.1, -0.05) is 72.7 Å². The molecule has 3 aromatic heterocycles. The maximum absolute atomic E-state index is 13.4. The number of nitrogens with one attached hydrogen (secondary N) is 1. The van der Waals surface area contributed by atoms with Crippen molar-refractivity contribution in [2.45, 2.75) is 62.4 Å². The third kappa shape index (κ3) is 6.60. The van der Waals surface area contributed by atoms with Crippen molar-refractivity contribution in [3.05, 3.63) is 95.6 Å². The highest BCUT2D eigenvalue weighted by molar-refractivity contribution is 5.84. The van der Waals surface area contributed by atoms with Gasteiger partial charge in [-0.25, -0.2) is 9.78 Å². The van der Waals surface area contributed by atoms with Gasteiger partial charge in [0.15, 0.2) is 41.2 Å².